The Labute approximate surface area is 132 Å². The Balaban J connectivity index is 2.44. The van der Waals surface area contributed by atoms with Crippen LogP contribution in [0.1, 0.15) is 66.7 Å². The normalized spacial score (nSPS) is 15.9. The smallest absolute Gasteiger partial charge is 0.306 e. The highest BCUT2D eigenvalue weighted by molar-refractivity contribution is 6.24. The van der Waals surface area contributed by atoms with Gasteiger partial charge in [0.05, 0.1) is 6.10 Å². The number of unbranched alkanes of at least 4 members (excludes halogenated alkanes) is 2. The van der Waals surface area contributed by atoms with Crippen LogP contribution in [0.2, 0.25) is 0 Å². The second-order valence-corrected chi connectivity index (χ2v) is 6.11. The fourth-order valence-electron chi connectivity index (χ4n) is 2.53. The molecule has 0 atom stereocenters. The Kier molecular flexibility index (Phi) is 6.72. The first-order chi connectivity index (χ1) is 10.3. The summed E-state index contributed by atoms with van der Waals surface area (Å²) < 4.78 is 5.07. The third kappa shape index (κ3) is 4.65. The van der Waals surface area contributed by atoms with E-state index in [1.807, 2.05) is 13.8 Å². The number of Topliss-reactive ketones (excluding diaryl/α,β-unsaturated/α-hetero) is 2. The molecule has 4 nitrogen and oxygen atoms in total. The third-order valence-corrected chi connectivity index (χ3v) is 3.99. The van der Waals surface area contributed by atoms with Crippen molar-refractivity contribution in [2.45, 2.75) is 72.8 Å². The molecule has 0 aromatic rings. The highest BCUT2D eigenvalue weighted by Crippen LogP contribution is 2.27. The van der Waals surface area contributed by atoms with Crippen molar-refractivity contribution in [2.75, 3.05) is 0 Å². The Hall–Kier alpha value is -1.71. The number of rotatable bonds is 7. The monoisotopic (exact) mass is 306 g/mol. The minimum absolute atomic E-state index is 0.00572. The first-order valence-electron chi connectivity index (χ1n) is 7.91. The fraction of sp³-hybridized carbons (Fsp3) is 0.611. The van der Waals surface area contributed by atoms with Crippen LogP contribution in [0, 0.1) is 0 Å². The quantitative estimate of drug-likeness (QED) is 0.409. The number of hydrogen-bond donors (Lipinski definition) is 0. The van der Waals surface area contributed by atoms with E-state index in [0.29, 0.717) is 35.1 Å². The lowest BCUT2D eigenvalue weighted by molar-refractivity contribution is -0.147. The van der Waals surface area contributed by atoms with Crippen molar-refractivity contribution in [1.29, 1.82) is 0 Å². The summed E-state index contributed by atoms with van der Waals surface area (Å²) in [5.41, 5.74) is 2.33. The molecule has 1 rings (SSSR count). The summed E-state index contributed by atoms with van der Waals surface area (Å²) in [4.78, 5) is 35.7. The number of hydrogen-bond acceptors (Lipinski definition) is 4. The van der Waals surface area contributed by atoms with Gasteiger partial charge in [-0.25, -0.2) is 0 Å². The molecule has 0 saturated carbocycles. The van der Waals surface area contributed by atoms with Gasteiger partial charge in [-0.2, -0.15) is 0 Å². The zero-order valence-electron chi connectivity index (χ0n) is 14.2. The van der Waals surface area contributed by atoms with E-state index < -0.39 is 0 Å². The Bertz CT molecular complexity index is 535. The molecule has 0 amide bonds. The van der Waals surface area contributed by atoms with Gasteiger partial charge in [0, 0.05) is 28.7 Å². The predicted octanol–water partition coefficient (Wildman–Crippen LogP) is 3.69. The summed E-state index contributed by atoms with van der Waals surface area (Å²) in [5, 5.41) is 0. The van der Waals surface area contributed by atoms with E-state index >= 15 is 0 Å². The maximum Gasteiger partial charge on any atom is 0.306 e. The Morgan fingerprint density at radius 2 is 1.50 bits per heavy atom. The van der Waals surface area contributed by atoms with E-state index in [1.165, 1.54) is 0 Å². The maximum atomic E-state index is 12.2. The molecule has 0 heterocycles. The van der Waals surface area contributed by atoms with Crippen LogP contribution in [0.4, 0.5) is 0 Å². The van der Waals surface area contributed by atoms with Crippen molar-refractivity contribution in [3.05, 3.63) is 22.3 Å². The summed E-state index contributed by atoms with van der Waals surface area (Å²) in [6.07, 6.45) is 3.30. The van der Waals surface area contributed by atoms with Crippen molar-refractivity contribution in [3.8, 4) is 0 Å². The molecule has 1 aliphatic carbocycles. The molecule has 0 saturated heterocycles. The number of carbonyl (C=O) groups is 3. The largest absolute Gasteiger partial charge is 0.463 e. The lowest BCUT2D eigenvalue weighted by Gasteiger charge is -2.18. The minimum Gasteiger partial charge on any atom is -0.463 e. The molecule has 122 valence electrons. The van der Waals surface area contributed by atoms with Gasteiger partial charge in [-0.05, 0) is 53.9 Å². The molecule has 22 heavy (non-hydrogen) atoms. The molecule has 0 radical (unpaired) electrons. The molecule has 0 unspecified atom stereocenters. The second-order valence-electron chi connectivity index (χ2n) is 6.11. The molecule has 0 fully saturated rings. The average molecular weight is 306 g/mol. The zero-order chi connectivity index (χ0) is 16.9. The first kappa shape index (κ1) is 18.3. The van der Waals surface area contributed by atoms with Crippen LogP contribution in [0.5, 0.6) is 0 Å². The van der Waals surface area contributed by atoms with Gasteiger partial charge in [0.1, 0.15) is 0 Å². The van der Waals surface area contributed by atoms with Crippen LogP contribution in [0.3, 0.4) is 0 Å². The summed E-state index contributed by atoms with van der Waals surface area (Å²) in [7, 11) is 0. The van der Waals surface area contributed by atoms with Gasteiger partial charge in [-0.1, -0.05) is 6.42 Å². The van der Waals surface area contributed by atoms with E-state index in [1.54, 1.807) is 20.8 Å². The molecule has 1 aliphatic rings. The van der Waals surface area contributed by atoms with E-state index in [4.69, 9.17) is 4.74 Å². The van der Waals surface area contributed by atoms with Crippen molar-refractivity contribution >= 4 is 17.5 Å². The van der Waals surface area contributed by atoms with Crippen LogP contribution < -0.4 is 0 Å². The van der Waals surface area contributed by atoms with Crippen molar-refractivity contribution in [3.63, 3.8) is 0 Å². The van der Waals surface area contributed by atoms with E-state index in [-0.39, 0.29) is 23.6 Å². The van der Waals surface area contributed by atoms with Gasteiger partial charge >= 0.3 is 5.97 Å². The van der Waals surface area contributed by atoms with Gasteiger partial charge in [0.15, 0.2) is 11.6 Å². The molecule has 4 heteroatoms. The zero-order valence-corrected chi connectivity index (χ0v) is 14.2. The van der Waals surface area contributed by atoms with Crippen LogP contribution in [-0.2, 0) is 19.1 Å². The van der Waals surface area contributed by atoms with Gasteiger partial charge < -0.3 is 4.74 Å². The fourth-order valence-corrected chi connectivity index (χ4v) is 2.53. The van der Waals surface area contributed by atoms with Gasteiger partial charge in [-0.15, -0.1) is 0 Å². The van der Waals surface area contributed by atoms with E-state index in [2.05, 4.69) is 0 Å². The number of esters is 1. The highest BCUT2D eigenvalue weighted by Gasteiger charge is 2.27. The molecular formula is C18H26O4. The van der Waals surface area contributed by atoms with Crippen LogP contribution in [-0.4, -0.2) is 23.6 Å². The lowest BCUT2D eigenvalue weighted by Crippen LogP contribution is -2.20. The average Bonchev–Trinajstić information content (AvgIpc) is 2.45. The molecule has 0 aliphatic heterocycles. The lowest BCUT2D eigenvalue weighted by atomic mass is 9.84. The number of allylic oxidation sites excluding steroid dienone is 4. The maximum absolute atomic E-state index is 12.2. The van der Waals surface area contributed by atoms with Crippen LogP contribution in [0.15, 0.2) is 22.3 Å². The van der Waals surface area contributed by atoms with Crippen LogP contribution in [0.25, 0.3) is 0 Å². The first-order valence-corrected chi connectivity index (χ1v) is 7.91. The molecule has 0 aromatic carbocycles. The molecule has 0 aromatic heterocycles. The molecule has 0 N–H and O–H groups in total. The van der Waals surface area contributed by atoms with E-state index in [0.717, 1.165) is 19.3 Å². The van der Waals surface area contributed by atoms with Crippen molar-refractivity contribution in [1.82, 2.24) is 0 Å². The summed E-state index contributed by atoms with van der Waals surface area (Å²) >= 11 is 0. The van der Waals surface area contributed by atoms with Gasteiger partial charge in [0.2, 0.25) is 0 Å². The topological polar surface area (TPSA) is 60.4 Å². The summed E-state index contributed by atoms with van der Waals surface area (Å²) in [5.74, 6) is -0.204. The van der Waals surface area contributed by atoms with E-state index in [9.17, 15) is 14.4 Å². The van der Waals surface area contributed by atoms with Crippen molar-refractivity contribution in [2.24, 2.45) is 0 Å². The second kappa shape index (κ2) is 8.06. The Morgan fingerprint density at radius 3 is 2.09 bits per heavy atom. The Morgan fingerprint density at radius 1 is 0.909 bits per heavy atom. The SMILES string of the molecule is CC1=C(C)C(=O)C(CCCCCC(=O)OC(C)C)=C(C)C1=O. The molecular weight excluding hydrogens is 280 g/mol. The summed E-state index contributed by atoms with van der Waals surface area (Å²) in [6, 6.07) is 0. The number of ether oxygens (including phenoxy) is 1. The number of carbonyl (C=O) groups excluding carboxylic acids is 3. The van der Waals surface area contributed by atoms with Crippen molar-refractivity contribution < 1.29 is 19.1 Å². The number of ketones is 2. The summed E-state index contributed by atoms with van der Waals surface area (Å²) in [6.45, 7) is 8.80. The minimum atomic E-state index is -0.177. The molecule has 0 spiro atoms. The van der Waals surface area contributed by atoms with Crippen LogP contribution >= 0.6 is 0 Å². The predicted molar refractivity (Wildman–Crippen MR) is 85.4 cm³/mol. The standard InChI is InChI=1S/C18H26O4/c1-11(2)22-16(19)10-8-6-7-9-15-14(5)17(20)12(3)13(4)18(15)21/h11H,6-10H2,1-5H3. The molecule has 0 bridgehead atoms. The van der Waals surface area contributed by atoms with Gasteiger partial charge in [0.25, 0.3) is 0 Å². The highest BCUT2D eigenvalue weighted by atomic mass is 16.5. The van der Waals surface area contributed by atoms with Gasteiger partial charge in [-0.3, -0.25) is 14.4 Å². The third-order valence-electron chi connectivity index (χ3n) is 3.99.